The van der Waals surface area contributed by atoms with Crippen molar-refractivity contribution in [3.05, 3.63) is 9.66 Å². The zero-order chi connectivity index (χ0) is 16.7. The topological polar surface area (TPSA) is 172 Å². The van der Waals surface area contributed by atoms with Crippen molar-refractivity contribution in [3.63, 3.8) is 0 Å². The van der Waals surface area contributed by atoms with Gasteiger partial charge in [-0.1, -0.05) is 6.08 Å². The summed E-state index contributed by atoms with van der Waals surface area (Å²) in [5, 5.41) is 19.8. The molecular weight excluding hydrogens is 434 g/mol. The number of aliphatic imine (C=N–C) groups is 1. The van der Waals surface area contributed by atoms with E-state index in [0.29, 0.717) is 3.58 Å². The summed E-state index contributed by atoms with van der Waals surface area (Å²) in [6.45, 7) is -0.633. The zero-order valence-corrected chi connectivity index (χ0v) is 14.0. The molecule has 0 aromatic rings. The molecule has 2 aliphatic heterocycles. The molecule has 1 amide bonds. The molecule has 2 heterocycles. The zero-order valence-electron chi connectivity index (χ0n) is 10.9. The highest BCUT2D eigenvalue weighted by molar-refractivity contribution is 14.1. The maximum absolute atomic E-state index is 11.9. The molecule has 5 atom stereocenters. The molecule has 22 heavy (non-hydrogen) atoms. The lowest BCUT2D eigenvalue weighted by atomic mass is 9.94. The molecule has 12 heteroatoms. The first-order valence-electron chi connectivity index (χ1n) is 6.07. The number of hydrogen-bond donors (Lipinski definition) is 5. The summed E-state index contributed by atoms with van der Waals surface area (Å²) in [5.41, 5.74) is 5.51. The van der Waals surface area contributed by atoms with Gasteiger partial charge in [-0.25, -0.2) is 4.57 Å². The third kappa shape index (κ3) is 3.92. The monoisotopic (exact) mass is 448 g/mol. The lowest BCUT2D eigenvalue weighted by Crippen LogP contribution is -2.40. The van der Waals surface area contributed by atoms with Crippen LogP contribution in [-0.4, -0.2) is 62.8 Å². The molecule has 1 fully saturated rings. The Morgan fingerprint density at radius 3 is 2.64 bits per heavy atom. The number of halogens is 1. The molecule has 0 aliphatic carbocycles. The first-order chi connectivity index (χ1) is 10.1. The lowest BCUT2D eigenvalue weighted by Gasteiger charge is -2.23. The SMILES string of the molecule is NC1=NC(=O)C([C@@H]2O[C@H](COP(=O)(O)O)[C@@H](O)[C@H]2O)C=C1I. The normalized spacial score (nSPS) is 36.2. The summed E-state index contributed by atoms with van der Waals surface area (Å²) in [4.78, 5) is 32.8. The van der Waals surface area contributed by atoms with Crippen LogP contribution < -0.4 is 5.73 Å². The molecule has 0 spiro atoms. The second-order valence-corrected chi connectivity index (χ2v) is 7.18. The Kier molecular flexibility index (Phi) is 5.39. The number of carbonyl (C=O) groups excluding carboxylic acids is 1. The van der Waals surface area contributed by atoms with Crippen LogP contribution in [0.1, 0.15) is 0 Å². The van der Waals surface area contributed by atoms with Gasteiger partial charge in [0.15, 0.2) is 0 Å². The van der Waals surface area contributed by atoms with E-state index in [-0.39, 0.29) is 5.84 Å². The Morgan fingerprint density at radius 2 is 2.05 bits per heavy atom. The van der Waals surface area contributed by atoms with Crippen molar-refractivity contribution < 1.29 is 38.6 Å². The van der Waals surface area contributed by atoms with Gasteiger partial charge in [0.1, 0.15) is 30.3 Å². The molecule has 2 aliphatic rings. The molecule has 0 aromatic carbocycles. The quantitative estimate of drug-likeness (QED) is 0.251. The molecule has 2 rings (SSSR count). The first-order valence-corrected chi connectivity index (χ1v) is 8.68. The fourth-order valence-electron chi connectivity index (χ4n) is 2.18. The predicted octanol–water partition coefficient (Wildman–Crippen LogP) is -1.58. The Labute approximate surface area is 138 Å². The smallest absolute Gasteiger partial charge is 0.388 e. The number of hydrogen-bond acceptors (Lipinski definition) is 7. The summed E-state index contributed by atoms with van der Waals surface area (Å²) in [7, 11) is -4.74. The van der Waals surface area contributed by atoms with E-state index in [4.69, 9.17) is 20.3 Å². The molecule has 0 bridgehead atoms. The largest absolute Gasteiger partial charge is 0.469 e. The van der Waals surface area contributed by atoms with Crippen molar-refractivity contribution in [1.29, 1.82) is 0 Å². The van der Waals surface area contributed by atoms with Crippen LogP contribution in [0.3, 0.4) is 0 Å². The summed E-state index contributed by atoms with van der Waals surface area (Å²) in [5.74, 6) is -1.54. The molecule has 6 N–H and O–H groups in total. The second kappa shape index (κ2) is 6.61. The third-order valence-corrected chi connectivity index (χ3v) is 4.64. The van der Waals surface area contributed by atoms with E-state index in [0.717, 1.165) is 0 Å². The Bertz CT molecular complexity index is 575. The van der Waals surface area contributed by atoms with E-state index >= 15 is 0 Å². The van der Waals surface area contributed by atoms with Gasteiger partial charge in [-0.3, -0.25) is 9.32 Å². The minimum absolute atomic E-state index is 0.0521. The van der Waals surface area contributed by atoms with E-state index in [1.54, 1.807) is 0 Å². The van der Waals surface area contributed by atoms with E-state index in [1.165, 1.54) is 6.08 Å². The van der Waals surface area contributed by atoms with Crippen LogP contribution in [0.15, 0.2) is 14.6 Å². The highest BCUT2D eigenvalue weighted by Crippen LogP contribution is 2.38. The van der Waals surface area contributed by atoms with Gasteiger partial charge in [0.2, 0.25) is 0 Å². The number of nitrogens with zero attached hydrogens (tertiary/aromatic N) is 1. The molecule has 0 radical (unpaired) electrons. The number of amidine groups is 1. The number of amides is 1. The van der Waals surface area contributed by atoms with Crippen molar-refractivity contribution in [1.82, 2.24) is 0 Å². The maximum Gasteiger partial charge on any atom is 0.469 e. The van der Waals surface area contributed by atoms with Gasteiger partial charge in [-0.05, 0) is 22.6 Å². The summed E-state index contributed by atoms with van der Waals surface area (Å²) < 4.78 is 20.8. The Morgan fingerprint density at radius 1 is 1.41 bits per heavy atom. The average molecular weight is 448 g/mol. The Hall–Kier alpha value is -0.400. The third-order valence-electron chi connectivity index (χ3n) is 3.25. The van der Waals surface area contributed by atoms with Crippen molar-refractivity contribution >= 4 is 42.2 Å². The number of nitrogens with two attached hydrogens (primary N) is 1. The number of aliphatic hydroxyl groups is 2. The summed E-state index contributed by atoms with van der Waals surface area (Å²) >= 11 is 1.86. The fraction of sp³-hybridized carbons (Fsp3) is 0.600. The minimum Gasteiger partial charge on any atom is -0.388 e. The van der Waals surface area contributed by atoms with Gasteiger partial charge in [0, 0.05) is 0 Å². The van der Waals surface area contributed by atoms with Crippen LogP contribution in [-0.2, 0) is 18.6 Å². The van der Waals surface area contributed by atoms with Gasteiger partial charge >= 0.3 is 7.82 Å². The van der Waals surface area contributed by atoms with Gasteiger partial charge in [-0.15, -0.1) is 0 Å². The van der Waals surface area contributed by atoms with Crippen molar-refractivity contribution in [3.8, 4) is 0 Å². The van der Waals surface area contributed by atoms with Crippen LogP contribution in [0.4, 0.5) is 0 Å². The number of aliphatic hydroxyl groups excluding tert-OH is 2. The minimum atomic E-state index is -4.74. The van der Waals surface area contributed by atoms with E-state index < -0.39 is 50.7 Å². The highest BCUT2D eigenvalue weighted by atomic mass is 127. The van der Waals surface area contributed by atoms with Crippen molar-refractivity contribution in [2.45, 2.75) is 24.4 Å². The fourth-order valence-corrected chi connectivity index (χ4v) is 3.03. The van der Waals surface area contributed by atoms with Crippen LogP contribution in [0.25, 0.3) is 0 Å². The standard InChI is InChI=1S/C10H14IN2O8P/c11-4-1-3(10(16)13-9(4)12)8-7(15)6(14)5(21-8)2-20-22(17,18)19/h1,3,5-8,14-15H,2H2,(H2,12,13,16)(H2,17,18,19)/t3?,5-,6-,7-,8+/m1/s1. The number of rotatable bonds is 4. The summed E-state index contributed by atoms with van der Waals surface area (Å²) in [6.07, 6.45) is -3.74. The molecular formula is C10H14IN2O8P. The number of phosphoric acid groups is 1. The van der Waals surface area contributed by atoms with Gasteiger partial charge in [0.25, 0.3) is 5.91 Å². The number of dihydropyridines is 1. The van der Waals surface area contributed by atoms with Crippen LogP contribution in [0, 0.1) is 5.92 Å². The first kappa shape index (κ1) is 17.9. The Balaban J connectivity index is 2.10. The van der Waals surface area contributed by atoms with Gasteiger partial charge in [-0.2, -0.15) is 4.99 Å². The molecule has 1 unspecified atom stereocenters. The molecule has 124 valence electrons. The molecule has 10 nitrogen and oxygen atoms in total. The molecule has 0 aromatic heterocycles. The molecule has 0 saturated carbocycles. The maximum atomic E-state index is 11.9. The van der Waals surface area contributed by atoms with E-state index in [1.807, 2.05) is 22.6 Å². The van der Waals surface area contributed by atoms with Crippen molar-refractivity contribution in [2.75, 3.05) is 6.61 Å². The van der Waals surface area contributed by atoms with Crippen LogP contribution in [0.5, 0.6) is 0 Å². The number of carbonyl (C=O) groups is 1. The summed E-state index contributed by atoms with van der Waals surface area (Å²) in [6, 6.07) is 0. The predicted molar refractivity (Wildman–Crippen MR) is 80.9 cm³/mol. The van der Waals surface area contributed by atoms with Crippen LogP contribution >= 0.6 is 30.4 Å². The average Bonchev–Trinajstić information content (AvgIpc) is 2.68. The van der Waals surface area contributed by atoms with Crippen LogP contribution in [0.2, 0.25) is 0 Å². The van der Waals surface area contributed by atoms with Gasteiger partial charge < -0.3 is 30.5 Å². The molecule has 1 saturated heterocycles. The number of ether oxygens (including phenoxy) is 1. The highest BCUT2D eigenvalue weighted by Gasteiger charge is 2.48. The number of phosphoric ester groups is 1. The lowest BCUT2D eigenvalue weighted by molar-refractivity contribution is -0.126. The second-order valence-electron chi connectivity index (χ2n) is 4.78. The van der Waals surface area contributed by atoms with E-state index in [9.17, 15) is 19.6 Å². The van der Waals surface area contributed by atoms with E-state index in [2.05, 4.69) is 9.52 Å². The van der Waals surface area contributed by atoms with Crippen molar-refractivity contribution in [2.24, 2.45) is 16.6 Å². The van der Waals surface area contributed by atoms with Gasteiger partial charge in [0.05, 0.1) is 16.1 Å².